The zero-order valence-corrected chi connectivity index (χ0v) is 17.9. The van der Waals surface area contributed by atoms with Crippen molar-refractivity contribution in [3.05, 3.63) is 29.3 Å². The molecular formula is C20H33ClN4O2. The number of halogens is 1. The standard InChI is InChI=1S/C20H32N4O2.ClH/c1-6-22(7-2)20(26)24-13-11-23(12-14-24)17(5)19(25)21-18-15(3)9-8-10-16(18)4;/h8-10,17H,6-7,11-14H2,1-5H3,(H,21,25);1H. The van der Waals surface area contributed by atoms with Gasteiger partial charge in [-0.25, -0.2) is 4.79 Å². The molecule has 152 valence electrons. The monoisotopic (exact) mass is 396 g/mol. The predicted molar refractivity (Wildman–Crippen MR) is 113 cm³/mol. The van der Waals surface area contributed by atoms with Gasteiger partial charge < -0.3 is 15.1 Å². The molecule has 0 radical (unpaired) electrons. The highest BCUT2D eigenvalue weighted by atomic mass is 35.5. The molecule has 0 aromatic heterocycles. The number of urea groups is 1. The number of piperazine rings is 1. The molecule has 1 aliphatic rings. The molecule has 1 aromatic carbocycles. The maximum atomic E-state index is 12.7. The highest BCUT2D eigenvalue weighted by Gasteiger charge is 2.29. The van der Waals surface area contributed by atoms with Crippen LogP contribution in [0, 0.1) is 13.8 Å². The van der Waals surface area contributed by atoms with Gasteiger partial charge in [0.2, 0.25) is 5.91 Å². The van der Waals surface area contributed by atoms with Gasteiger partial charge in [-0.3, -0.25) is 9.69 Å². The van der Waals surface area contributed by atoms with Crippen LogP contribution in [0.1, 0.15) is 31.9 Å². The predicted octanol–water partition coefficient (Wildman–Crippen LogP) is 3.13. The number of carbonyl (C=O) groups is 2. The molecular weight excluding hydrogens is 364 g/mol. The first kappa shape index (κ1) is 23.2. The number of anilines is 1. The minimum absolute atomic E-state index is 0. The Morgan fingerprint density at radius 1 is 1.07 bits per heavy atom. The van der Waals surface area contributed by atoms with Gasteiger partial charge in [-0.15, -0.1) is 12.4 Å². The summed E-state index contributed by atoms with van der Waals surface area (Å²) in [6, 6.07) is 5.88. The van der Waals surface area contributed by atoms with Crippen LogP contribution in [-0.2, 0) is 4.79 Å². The first-order valence-corrected chi connectivity index (χ1v) is 9.54. The number of hydrogen-bond acceptors (Lipinski definition) is 3. The number of rotatable bonds is 5. The largest absolute Gasteiger partial charge is 0.325 e. The van der Waals surface area contributed by atoms with Gasteiger partial charge in [0.1, 0.15) is 0 Å². The number of carbonyl (C=O) groups excluding carboxylic acids is 2. The third kappa shape index (κ3) is 5.59. The van der Waals surface area contributed by atoms with E-state index < -0.39 is 0 Å². The average Bonchev–Trinajstić information content (AvgIpc) is 2.65. The summed E-state index contributed by atoms with van der Waals surface area (Å²) in [7, 11) is 0. The van der Waals surface area contributed by atoms with Crippen LogP contribution in [0.4, 0.5) is 10.5 Å². The Morgan fingerprint density at radius 2 is 1.59 bits per heavy atom. The van der Waals surface area contributed by atoms with Crippen LogP contribution in [0.2, 0.25) is 0 Å². The summed E-state index contributed by atoms with van der Waals surface area (Å²) in [5.74, 6) is 0.00548. The minimum Gasteiger partial charge on any atom is -0.325 e. The van der Waals surface area contributed by atoms with Crippen LogP contribution in [0.25, 0.3) is 0 Å². The van der Waals surface area contributed by atoms with Gasteiger partial charge in [-0.2, -0.15) is 0 Å². The van der Waals surface area contributed by atoms with E-state index in [1.54, 1.807) is 0 Å². The van der Waals surface area contributed by atoms with Gasteiger partial charge in [0.05, 0.1) is 6.04 Å². The molecule has 1 aromatic rings. The van der Waals surface area contributed by atoms with E-state index in [-0.39, 0.29) is 30.4 Å². The van der Waals surface area contributed by atoms with Crippen molar-refractivity contribution in [1.82, 2.24) is 14.7 Å². The molecule has 2 rings (SSSR count). The number of nitrogens with one attached hydrogen (secondary N) is 1. The second kappa shape index (κ2) is 10.5. The zero-order chi connectivity index (χ0) is 19.3. The summed E-state index contributed by atoms with van der Waals surface area (Å²) in [4.78, 5) is 31.0. The lowest BCUT2D eigenvalue weighted by Crippen LogP contribution is -2.56. The first-order valence-electron chi connectivity index (χ1n) is 9.54. The van der Waals surface area contributed by atoms with Crippen LogP contribution >= 0.6 is 12.4 Å². The minimum atomic E-state index is -0.222. The van der Waals surface area contributed by atoms with Crippen molar-refractivity contribution in [1.29, 1.82) is 0 Å². The van der Waals surface area contributed by atoms with Gasteiger partial charge in [0.25, 0.3) is 0 Å². The van der Waals surface area contributed by atoms with Crippen LogP contribution in [0.5, 0.6) is 0 Å². The van der Waals surface area contributed by atoms with Gasteiger partial charge in [-0.1, -0.05) is 18.2 Å². The van der Waals surface area contributed by atoms with Crippen LogP contribution in [0.3, 0.4) is 0 Å². The summed E-state index contributed by atoms with van der Waals surface area (Å²) in [5.41, 5.74) is 3.04. The second-order valence-electron chi connectivity index (χ2n) is 6.91. The van der Waals surface area contributed by atoms with E-state index >= 15 is 0 Å². The van der Waals surface area contributed by atoms with Gasteiger partial charge in [0.15, 0.2) is 0 Å². The lowest BCUT2D eigenvalue weighted by atomic mass is 10.1. The van der Waals surface area contributed by atoms with Crippen molar-refractivity contribution in [2.75, 3.05) is 44.6 Å². The zero-order valence-electron chi connectivity index (χ0n) is 17.1. The average molecular weight is 397 g/mol. The molecule has 0 spiro atoms. The Morgan fingerprint density at radius 3 is 2.07 bits per heavy atom. The van der Waals surface area contributed by atoms with Gasteiger partial charge in [0, 0.05) is 45.0 Å². The number of benzene rings is 1. The summed E-state index contributed by atoms with van der Waals surface area (Å²) >= 11 is 0. The Bertz CT molecular complexity index is 621. The topological polar surface area (TPSA) is 55.9 Å². The summed E-state index contributed by atoms with van der Waals surface area (Å²) in [5, 5.41) is 3.08. The van der Waals surface area contributed by atoms with E-state index in [2.05, 4.69) is 10.2 Å². The van der Waals surface area contributed by atoms with Crippen molar-refractivity contribution < 1.29 is 9.59 Å². The number of nitrogens with zero attached hydrogens (tertiary/aromatic N) is 3. The maximum absolute atomic E-state index is 12.7. The molecule has 1 heterocycles. The lowest BCUT2D eigenvalue weighted by Gasteiger charge is -2.39. The fourth-order valence-corrected chi connectivity index (χ4v) is 3.40. The van der Waals surface area contributed by atoms with E-state index in [0.717, 1.165) is 29.9 Å². The van der Waals surface area contributed by atoms with Crippen molar-refractivity contribution in [3.63, 3.8) is 0 Å². The smallest absolute Gasteiger partial charge is 0.320 e. The van der Waals surface area contributed by atoms with E-state index in [1.807, 2.05) is 62.6 Å². The molecule has 0 bridgehead atoms. The quantitative estimate of drug-likeness (QED) is 0.831. The Labute approximate surface area is 169 Å². The Kier molecular flexibility index (Phi) is 9.06. The Balaban J connectivity index is 0.00000364. The number of amides is 3. The molecule has 7 heteroatoms. The van der Waals surface area contributed by atoms with E-state index in [4.69, 9.17) is 0 Å². The Hall–Kier alpha value is -1.79. The third-order valence-corrected chi connectivity index (χ3v) is 5.28. The number of aryl methyl sites for hydroxylation is 2. The fraction of sp³-hybridized carbons (Fsp3) is 0.600. The summed E-state index contributed by atoms with van der Waals surface area (Å²) < 4.78 is 0. The molecule has 27 heavy (non-hydrogen) atoms. The molecule has 1 fully saturated rings. The van der Waals surface area contributed by atoms with E-state index in [0.29, 0.717) is 26.2 Å². The summed E-state index contributed by atoms with van der Waals surface area (Å²) in [6.45, 7) is 14.2. The normalized spacial score (nSPS) is 15.7. The lowest BCUT2D eigenvalue weighted by molar-refractivity contribution is -0.121. The molecule has 1 saturated heterocycles. The van der Waals surface area contributed by atoms with E-state index in [1.165, 1.54) is 0 Å². The molecule has 1 unspecified atom stereocenters. The fourth-order valence-electron chi connectivity index (χ4n) is 3.40. The van der Waals surface area contributed by atoms with E-state index in [9.17, 15) is 9.59 Å². The van der Waals surface area contributed by atoms with Crippen molar-refractivity contribution in [2.24, 2.45) is 0 Å². The molecule has 0 saturated carbocycles. The van der Waals surface area contributed by atoms with Crippen molar-refractivity contribution in [3.8, 4) is 0 Å². The molecule has 1 N–H and O–H groups in total. The van der Waals surface area contributed by atoms with Crippen LogP contribution in [-0.4, -0.2) is 71.9 Å². The molecule has 1 aliphatic heterocycles. The van der Waals surface area contributed by atoms with Gasteiger partial charge in [-0.05, 0) is 45.7 Å². The molecule has 6 nitrogen and oxygen atoms in total. The summed E-state index contributed by atoms with van der Waals surface area (Å²) in [6.07, 6.45) is 0. The van der Waals surface area contributed by atoms with Crippen molar-refractivity contribution >= 4 is 30.0 Å². The molecule has 0 aliphatic carbocycles. The van der Waals surface area contributed by atoms with Gasteiger partial charge >= 0.3 is 6.03 Å². The third-order valence-electron chi connectivity index (χ3n) is 5.28. The number of para-hydroxylation sites is 1. The van der Waals surface area contributed by atoms with Crippen molar-refractivity contribution in [2.45, 2.75) is 40.7 Å². The molecule has 3 amide bonds. The highest BCUT2D eigenvalue weighted by Crippen LogP contribution is 2.20. The molecule has 1 atom stereocenters. The SMILES string of the molecule is CCN(CC)C(=O)N1CCN(C(C)C(=O)Nc2c(C)cccc2C)CC1.Cl. The van der Waals surface area contributed by atoms with Crippen LogP contribution in [0.15, 0.2) is 18.2 Å². The second-order valence-corrected chi connectivity index (χ2v) is 6.91. The first-order chi connectivity index (χ1) is 12.4. The highest BCUT2D eigenvalue weighted by molar-refractivity contribution is 5.95. The number of hydrogen-bond donors (Lipinski definition) is 1. The maximum Gasteiger partial charge on any atom is 0.320 e. The van der Waals surface area contributed by atoms with Crippen LogP contribution < -0.4 is 5.32 Å².